The molecule has 0 saturated heterocycles. The molecule has 0 heterocycles. The van der Waals surface area contributed by atoms with Crippen LogP contribution in [0, 0.1) is 6.92 Å². The first-order valence-electron chi connectivity index (χ1n) is 11.0. The fraction of sp³-hybridized carbons (Fsp3) is 0.222. The van der Waals surface area contributed by atoms with Gasteiger partial charge in [-0.05, 0) is 65.8 Å². The molecular formula is C27H28N2O4S. The molecule has 0 bridgehead atoms. The quantitative estimate of drug-likeness (QED) is 0.391. The molecule has 34 heavy (non-hydrogen) atoms. The van der Waals surface area contributed by atoms with Crippen LogP contribution in [0.15, 0.2) is 72.8 Å². The van der Waals surface area contributed by atoms with Crippen molar-refractivity contribution in [2.24, 2.45) is 0 Å². The van der Waals surface area contributed by atoms with Gasteiger partial charge in [-0.15, -0.1) is 0 Å². The lowest BCUT2D eigenvalue weighted by molar-refractivity contribution is -0.139. The highest BCUT2D eigenvalue weighted by molar-refractivity contribution is 7.98. The monoisotopic (exact) mass is 476 g/mol. The molecule has 0 unspecified atom stereocenters. The van der Waals surface area contributed by atoms with Gasteiger partial charge in [0.1, 0.15) is 6.04 Å². The number of anilines is 1. The van der Waals surface area contributed by atoms with E-state index in [1.165, 1.54) is 11.8 Å². The number of carboxylic acids is 1. The van der Waals surface area contributed by atoms with Gasteiger partial charge in [-0.25, -0.2) is 4.79 Å². The van der Waals surface area contributed by atoms with Gasteiger partial charge >= 0.3 is 5.97 Å². The van der Waals surface area contributed by atoms with Crippen LogP contribution in [-0.2, 0) is 16.0 Å². The zero-order valence-electron chi connectivity index (χ0n) is 19.2. The van der Waals surface area contributed by atoms with Crippen LogP contribution in [0.5, 0.6) is 0 Å². The normalized spacial score (nSPS) is 11.5. The van der Waals surface area contributed by atoms with E-state index in [1.807, 2.05) is 67.8 Å². The predicted octanol–water partition coefficient (Wildman–Crippen LogP) is 4.78. The molecule has 3 rings (SSSR count). The van der Waals surface area contributed by atoms with E-state index in [9.17, 15) is 19.5 Å². The van der Waals surface area contributed by atoms with Gasteiger partial charge in [0.2, 0.25) is 5.91 Å². The lowest BCUT2D eigenvalue weighted by atomic mass is 9.94. The van der Waals surface area contributed by atoms with Crippen molar-refractivity contribution in [3.8, 4) is 11.1 Å². The Morgan fingerprint density at radius 3 is 2.32 bits per heavy atom. The number of aliphatic carboxylic acids is 1. The van der Waals surface area contributed by atoms with Gasteiger partial charge in [-0.2, -0.15) is 11.8 Å². The van der Waals surface area contributed by atoms with Crippen molar-refractivity contribution in [1.82, 2.24) is 5.32 Å². The first-order chi connectivity index (χ1) is 16.4. The smallest absolute Gasteiger partial charge is 0.326 e. The summed E-state index contributed by atoms with van der Waals surface area (Å²) in [6.07, 6.45) is 2.45. The number of carbonyl (C=O) groups excluding carboxylic acids is 2. The Morgan fingerprint density at radius 1 is 0.941 bits per heavy atom. The molecule has 7 heteroatoms. The van der Waals surface area contributed by atoms with Crippen molar-refractivity contribution >= 4 is 35.2 Å². The molecule has 0 aliphatic heterocycles. The second kappa shape index (κ2) is 12.0. The zero-order chi connectivity index (χ0) is 24.5. The fourth-order valence-corrected chi connectivity index (χ4v) is 4.10. The summed E-state index contributed by atoms with van der Waals surface area (Å²) < 4.78 is 0. The number of hydrogen-bond acceptors (Lipinski definition) is 4. The van der Waals surface area contributed by atoms with Crippen LogP contribution >= 0.6 is 11.8 Å². The van der Waals surface area contributed by atoms with Gasteiger partial charge < -0.3 is 15.7 Å². The Hall–Kier alpha value is -3.58. The van der Waals surface area contributed by atoms with E-state index in [2.05, 4.69) is 10.6 Å². The lowest BCUT2D eigenvalue weighted by Crippen LogP contribution is -2.41. The van der Waals surface area contributed by atoms with Gasteiger partial charge in [0, 0.05) is 11.3 Å². The molecule has 3 aromatic carbocycles. The predicted molar refractivity (Wildman–Crippen MR) is 137 cm³/mol. The molecule has 0 saturated carbocycles. The highest BCUT2D eigenvalue weighted by Gasteiger charge is 2.23. The summed E-state index contributed by atoms with van der Waals surface area (Å²) in [6, 6.07) is 21.2. The third-order valence-electron chi connectivity index (χ3n) is 5.40. The number of nitrogens with one attached hydrogen (secondary N) is 2. The Bertz CT molecular complexity index is 1160. The summed E-state index contributed by atoms with van der Waals surface area (Å²) in [7, 11) is 0. The molecule has 2 amide bonds. The van der Waals surface area contributed by atoms with E-state index in [0.717, 1.165) is 16.7 Å². The summed E-state index contributed by atoms with van der Waals surface area (Å²) >= 11 is 1.53. The van der Waals surface area contributed by atoms with E-state index in [4.69, 9.17) is 0 Å². The minimum absolute atomic E-state index is 0.165. The Labute approximate surface area is 203 Å². The van der Waals surface area contributed by atoms with Gasteiger partial charge in [-0.3, -0.25) is 9.59 Å². The molecule has 0 aromatic heterocycles. The Balaban J connectivity index is 1.90. The minimum Gasteiger partial charge on any atom is -0.480 e. The molecule has 1 atom stereocenters. The molecule has 0 radical (unpaired) electrons. The van der Waals surface area contributed by atoms with Crippen molar-refractivity contribution in [2.45, 2.75) is 25.8 Å². The minimum atomic E-state index is -1.07. The van der Waals surface area contributed by atoms with E-state index in [0.29, 0.717) is 29.0 Å². The molecule has 6 nitrogen and oxygen atoms in total. The third kappa shape index (κ3) is 6.71. The van der Waals surface area contributed by atoms with Gasteiger partial charge in [0.05, 0.1) is 6.42 Å². The van der Waals surface area contributed by atoms with Crippen molar-refractivity contribution in [2.75, 3.05) is 17.3 Å². The third-order valence-corrected chi connectivity index (χ3v) is 6.05. The molecule has 3 N–H and O–H groups in total. The number of amides is 2. The number of thioether (sulfide) groups is 1. The van der Waals surface area contributed by atoms with Gasteiger partial charge in [0.25, 0.3) is 5.91 Å². The van der Waals surface area contributed by atoms with Crippen LogP contribution in [0.25, 0.3) is 11.1 Å². The number of carbonyl (C=O) groups is 3. The first-order valence-corrected chi connectivity index (χ1v) is 12.3. The van der Waals surface area contributed by atoms with E-state index in [1.54, 1.807) is 18.2 Å². The molecular weight excluding hydrogens is 448 g/mol. The van der Waals surface area contributed by atoms with Crippen molar-refractivity contribution in [3.63, 3.8) is 0 Å². The van der Waals surface area contributed by atoms with E-state index >= 15 is 0 Å². The van der Waals surface area contributed by atoms with Crippen LogP contribution < -0.4 is 10.6 Å². The summed E-state index contributed by atoms with van der Waals surface area (Å²) in [5.74, 6) is -1.07. The van der Waals surface area contributed by atoms with Crippen molar-refractivity contribution < 1.29 is 19.5 Å². The Morgan fingerprint density at radius 2 is 1.65 bits per heavy atom. The number of carboxylic acid groups (broad SMARTS) is 1. The van der Waals surface area contributed by atoms with Crippen LogP contribution in [0.3, 0.4) is 0 Å². The number of rotatable bonds is 10. The number of benzene rings is 3. The zero-order valence-corrected chi connectivity index (χ0v) is 20.0. The average Bonchev–Trinajstić information content (AvgIpc) is 2.82. The lowest BCUT2D eigenvalue weighted by Gasteiger charge is -2.18. The van der Waals surface area contributed by atoms with Crippen molar-refractivity contribution in [1.29, 1.82) is 0 Å². The van der Waals surface area contributed by atoms with Crippen LogP contribution in [0.4, 0.5) is 5.69 Å². The maximum atomic E-state index is 13.1. The van der Waals surface area contributed by atoms with Crippen LogP contribution in [-0.4, -0.2) is 40.9 Å². The second-order valence-electron chi connectivity index (χ2n) is 7.93. The van der Waals surface area contributed by atoms with Crippen molar-refractivity contribution in [3.05, 3.63) is 89.5 Å². The SMILES string of the molecule is CSCC[C@H](NC(=O)c1ccc(NC(=O)Cc2ccccc2)cc1-c1ccccc1C)C(=O)O. The number of hydrogen-bond donors (Lipinski definition) is 3. The van der Waals surface area contributed by atoms with E-state index in [-0.39, 0.29) is 12.3 Å². The molecule has 0 spiro atoms. The first kappa shape index (κ1) is 25.1. The number of aryl methyl sites for hydroxylation is 1. The topological polar surface area (TPSA) is 95.5 Å². The summed E-state index contributed by atoms with van der Waals surface area (Å²) in [4.78, 5) is 37.3. The second-order valence-corrected chi connectivity index (χ2v) is 8.92. The largest absolute Gasteiger partial charge is 0.480 e. The molecule has 0 aliphatic carbocycles. The van der Waals surface area contributed by atoms with Gasteiger partial charge in [-0.1, -0.05) is 54.6 Å². The fourth-order valence-electron chi connectivity index (χ4n) is 3.63. The molecule has 176 valence electrons. The molecule has 3 aromatic rings. The van der Waals surface area contributed by atoms with E-state index < -0.39 is 17.9 Å². The maximum Gasteiger partial charge on any atom is 0.326 e. The highest BCUT2D eigenvalue weighted by Crippen LogP contribution is 2.30. The summed E-state index contributed by atoms with van der Waals surface area (Å²) in [5.41, 5.74) is 4.24. The highest BCUT2D eigenvalue weighted by atomic mass is 32.2. The Kier molecular flexibility index (Phi) is 8.87. The summed E-state index contributed by atoms with van der Waals surface area (Å²) in [6.45, 7) is 1.94. The molecule has 0 aliphatic rings. The van der Waals surface area contributed by atoms with Gasteiger partial charge in [0.15, 0.2) is 0 Å². The average molecular weight is 477 g/mol. The van der Waals surface area contributed by atoms with Crippen LogP contribution in [0.1, 0.15) is 27.9 Å². The molecule has 0 fully saturated rings. The standard InChI is InChI=1S/C27H28N2O4S/c1-18-8-6-7-11-21(18)23-17-20(28-25(30)16-19-9-4-3-5-10-19)12-13-22(23)26(31)29-24(27(32)33)14-15-34-2/h3-13,17,24H,14-16H2,1-2H3,(H,28,30)(H,29,31)(H,32,33)/t24-/m0/s1. The maximum absolute atomic E-state index is 13.1. The summed E-state index contributed by atoms with van der Waals surface area (Å²) in [5, 5.41) is 15.1. The van der Waals surface area contributed by atoms with Crippen LogP contribution in [0.2, 0.25) is 0 Å².